The van der Waals surface area contributed by atoms with Crippen molar-refractivity contribution in [1.29, 1.82) is 0 Å². The fourth-order valence-corrected chi connectivity index (χ4v) is 0.978. The summed E-state index contributed by atoms with van der Waals surface area (Å²) in [5, 5.41) is 3.80. The van der Waals surface area contributed by atoms with Gasteiger partial charge in [0.05, 0.1) is 5.71 Å². The molecule has 0 aromatic carbocycles. The van der Waals surface area contributed by atoms with Crippen molar-refractivity contribution in [2.24, 2.45) is 10.8 Å². The number of hydrazone groups is 1. The van der Waals surface area contributed by atoms with Crippen LogP contribution in [0.25, 0.3) is 0 Å². The van der Waals surface area contributed by atoms with Gasteiger partial charge in [0.25, 0.3) is 0 Å². The highest BCUT2D eigenvalue weighted by molar-refractivity contribution is 5.88. The second-order valence-electron chi connectivity index (χ2n) is 2.63. The van der Waals surface area contributed by atoms with E-state index in [4.69, 9.17) is 15.2 Å². The molecule has 6 heteroatoms. The van der Waals surface area contributed by atoms with Crippen molar-refractivity contribution in [1.82, 2.24) is 5.43 Å². The van der Waals surface area contributed by atoms with Gasteiger partial charge in [-0.25, -0.2) is 10.2 Å². The van der Waals surface area contributed by atoms with E-state index in [9.17, 15) is 4.79 Å². The maximum absolute atomic E-state index is 10.4. The number of amides is 2. The lowest BCUT2D eigenvalue weighted by molar-refractivity contribution is -0.0534. The number of nitrogens with zero attached hydrogens (tertiary/aromatic N) is 1. The summed E-state index contributed by atoms with van der Waals surface area (Å²) in [6.45, 7) is 1.99. The monoisotopic (exact) mass is 203 g/mol. The van der Waals surface area contributed by atoms with Crippen molar-refractivity contribution < 1.29 is 14.3 Å². The van der Waals surface area contributed by atoms with E-state index in [0.717, 1.165) is 6.42 Å². The van der Waals surface area contributed by atoms with Crippen LogP contribution in [0.4, 0.5) is 4.79 Å². The molecule has 82 valence electrons. The number of carbonyl (C=O) groups is 1. The maximum Gasteiger partial charge on any atom is 0.332 e. The number of urea groups is 1. The van der Waals surface area contributed by atoms with Crippen molar-refractivity contribution in [3.8, 4) is 0 Å². The van der Waals surface area contributed by atoms with Crippen molar-refractivity contribution >= 4 is 11.7 Å². The predicted molar refractivity (Wildman–Crippen MR) is 52.9 cm³/mol. The molecule has 0 unspecified atom stereocenters. The topological polar surface area (TPSA) is 85.9 Å². The van der Waals surface area contributed by atoms with Crippen LogP contribution in [0, 0.1) is 0 Å². The molecule has 0 rings (SSSR count). The van der Waals surface area contributed by atoms with E-state index >= 15 is 0 Å². The third-order valence-electron chi connectivity index (χ3n) is 1.52. The van der Waals surface area contributed by atoms with Crippen LogP contribution in [0.3, 0.4) is 0 Å². The Kier molecular flexibility index (Phi) is 6.69. The van der Waals surface area contributed by atoms with Gasteiger partial charge in [-0.1, -0.05) is 13.3 Å². The molecular weight excluding hydrogens is 186 g/mol. The van der Waals surface area contributed by atoms with Crippen molar-refractivity contribution in [3.63, 3.8) is 0 Å². The van der Waals surface area contributed by atoms with Gasteiger partial charge in [0.15, 0.2) is 6.29 Å². The maximum atomic E-state index is 10.4. The fraction of sp³-hybridized carbons (Fsp3) is 0.750. The SMILES string of the molecule is CCCC(=NNC(N)=O)C(OC)OC. The van der Waals surface area contributed by atoms with E-state index in [1.165, 1.54) is 14.2 Å². The molecule has 6 nitrogen and oxygen atoms in total. The summed E-state index contributed by atoms with van der Waals surface area (Å²) in [6, 6.07) is -0.704. The third-order valence-corrected chi connectivity index (χ3v) is 1.52. The molecule has 2 amide bonds. The number of nitrogens with one attached hydrogen (secondary N) is 1. The molecule has 0 saturated heterocycles. The van der Waals surface area contributed by atoms with Crippen LogP contribution in [-0.2, 0) is 9.47 Å². The van der Waals surface area contributed by atoms with Gasteiger partial charge >= 0.3 is 6.03 Å². The van der Waals surface area contributed by atoms with Crippen LogP contribution < -0.4 is 11.2 Å². The minimum Gasteiger partial charge on any atom is -0.351 e. The summed E-state index contributed by atoms with van der Waals surface area (Å²) in [4.78, 5) is 10.4. The standard InChI is InChI=1S/C8H17N3O3/c1-4-5-6(7(13-2)14-3)10-11-8(9)12/h7H,4-5H2,1-3H3,(H3,9,11,12). The summed E-state index contributed by atoms with van der Waals surface area (Å²) in [5.74, 6) is 0. The van der Waals surface area contributed by atoms with E-state index < -0.39 is 12.3 Å². The Bertz CT molecular complexity index is 202. The first-order valence-electron chi connectivity index (χ1n) is 4.33. The molecule has 0 aliphatic heterocycles. The number of nitrogens with two attached hydrogens (primary N) is 1. The average molecular weight is 203 g/mol. The van der Waals surface area contributed by atoms with Crippen molar-refractivity contribution in [3.05, 3.63) is 0 Å². The number of ether oxygens (including phenoxy) is 2. The Morgan fingerprint density at radius 1 is 1.50 bits per heavy atom. The Labute approximate surface area is 83.4 Å². The molecule has 0 spiro atoms. The zero-order valence-corrected chi connectivity index (χ0v) is 8.74. The first-order chi connectivity index (χ1) is 6.65. The van der Waals surface area contributed by atoms with E-state index in [1.807, 2.05) is 6.92 Å². The first-order valence-corrected chi connectivity index (χ1v) is 4.33. The van der Waals surface area contributed by atoms with Gasteiger partial charge in [-0.2, -0.15) is 5.10 Å². The molecule has 0 atom stereocenters. The van der Waals surface area contributed by atoms with Crippen LogP contribution >= 0.6 is 0 Å². The molecule has 0 aromatic rings. The summed E-state index contributed by atoms with van der Waals surface area (Å²) < 4.78 is 10.0. The lowest BCUT2D eigenvalue weighted by Gasteiger charge is -2.15. The van der Waals surface area contributed by atoms with Gasteiger partial charge < -0.3 is 15.2 Å². The highest BCUT2D eigenvalue weighted by Gasteiger charge is 2.13. The minimum absolute atomic E-state index is 0.540. The number of rotatable bonds is 6. The van der Waals surface area contributed by atoms with Gasteiger partial charge in [0.1, 0.15) is 0 Å². The lowest BCUT2D eigenvalue weighted by Crippen LogP contribution is -2.31. The third kappa shape index (κ3) is 4.78. The number of hydrogen-bond acceptors (Lipinski definition) is 4. The van der Waals surface area contributed by atoms with Crippen LogP contribution in [0.5, 0.6) is 0 Å². The summed E-state index contributed by atoms with van der Waals surface area (Å²) in [7, 11) is 3.01. The van der Waals surface area contributed by atoms with Gasteiger partial charge in [-0.05, 0) is 6.42 Å². The average Bonchev–Trinajstić information content (AvgIpc) is 2.15. The molecule has 0 aliphatic rings. The molecule has 0 aliphatic carbocycles. The Balaban J connectivity index is 4.38. The molecule has 0 saturated carbocycles. The molecule has 14 heavy (non-hydrogen) atoms. The van der Waals surface area contributed by atoms with E-state index in [2.05, 4.69) is 10.5 Å². The minimum atomic E-state index is -0.704. The van der Waals surface area contributed by atoms with Crippen molar-refractivity contribution in [2.45, 2.75) is 26.1 Å². The highest BCUT2D eigenvalue weighted by Crippen LogP contribution is 2.02. The van der Waals surface area contributed by atoms with Crippen LogP contribution in [-0.4, -0.2) is 32.3 Å². The van der Waals surface area contributed by atoms with Gasteiger partial charge in [-0.3, -0.25) is 0 Å². The zero-order valence-electron chi connectivity index (χ0n) is 8.74. The smallest absolute Gasteiger partial charge is 0.332 e. The first kappa shape index (κ1) is 12.9. The second kappa shape index (κ2) is 7.28. The molecule has 0 fully saturated rings. The fourth-order valence-electron chi connectivity index (χ4n) is 0.978. The lowest BCUT2D eigenvalue weighted by atomic mass is 10.2. The number of primary amides is 1. The number of methoxy groups -OCH3 is 2. The Morgan fingerprint density at radius 2 is 2.07 bits per heavy atom. The molecular formula is C8H17N3O3. The zero-order chi connectivity index (χ0) is 11.0. The molecule has 3 N–H and O–H groups in total. The molecule has 0 bridgehead atoms. The number of hydrogen-bond donors (Lipinski definition) is 2. The Hall–Kier alpha value is -1.14. The molecule has 0 aromatic heterocycles. The normalized spacial score (nSPS) is 11.9. The van der Waals surface area contributed by atoms with Crippen LogP contribution in [0.2, 0.25) is 0 Å². The van der Waals surface area contributed by atoms with Crippen LogP contribution in [0.15, 0.2) is 5.10 Å². The van der Waals surface area contributed by atoms with Crippen LogP contribution in [0.1, 0.15) is 19.8 Å². The Morgan fingerprint density at radius 3 is 2.43 bits per heavy atom. The second-order valence-corrected chi connectivity index (χ2v) is 2.63. The van der Waals surface area contributed by atoms with E-state index in [0.29, 0.717) is 12.1 Å². The highest BCUT2D eigenvalue weighted by atomic mass is 16.7. The van der Waals surface area contributed by atoms with Gasteiger partial charge in [0.2, 0.25) is 0 Å². The number of carbonyl (C=O) groups excluding carboxylic acids is 1. The summed E-state index contributed by atoms with van der Waals surface area (Å²) in [5.41, 5.74) is 7.64. The quantitative estimate of drug-likeness (QED) is 0.373. The van der Waals surface area contributed by atoms with Gasteiger partial charge in [-0.15, -0.1) is 0 Å². The van der Waals surface area contributed by atoms with Gasteiger partial charge in [0, 0.05) is 14.2 Å². The largest absolute Gasteiger partial charge is 0.351 e. The molecule has 0 radical (unpaired) electrons. The van der Waals surface area contributed by atoms with Crippen molar-refractivity contribution in [2.75, 3.05) is 14.2 Å². The molecule has 0 heterocycles. The summed E-state index contributed by atoms with van der Waals surface area (Å²) in [6.07, 6.45) is 1.01. The summed E-state index contributed by atoms with van der Waals surface area (Å²) >= 11 is 0. The van der Waals surface area contributed by atoms with E-state index in [1.54, 1.807) is 0 Å². The van der Waals surface area contributed by atoms with E-state index in [-0.39, 0.29) is 0 Å². The predicted octanol–water partition coefficient (Wildman–Crippen LogP) is 0.430.